The van der Waals surface area contributed by atoms with Crippen molar-refractivity contribution in [2.45, 2.75) is 0 Å². The van der Waals surface area contributed by atoms with Gasteiger partial charge in [-0.1, -0.05) is 0 Å². The molecule has 0 aliphatic carbocycles. The molecule has 0 aromatic rings. The summed E-state index contributed by atoms with van der Waals surface area (Å²) in [5.74, 6) is 0. The molecule has 0 saturated carbocycles. The Morgan fingerprint density at radius 3 is 0.250 bits per heavy atom. The second kappa shape index (κ2) is 63.0. The van der Waals surface area contributed by atoms with Gasteiger partial charge in [0.05, 0.1) is 0 Å². The monoisotopic (exact) mass is 492 g/mol. The standard InChI is InChI=1S/6ClH.2Pr/h6*1H;;/q;;;;;;2*+3/p-6. The first-order valence-corrected chi connectivity index (χ1v) is 0. The van der Waals surface area contributed by atoms with E-state index in [-0.39, 0.29) is 157 Å². The van der Waals surface area contributed by atoms with Gasteiger partial charge in [-0.05, 0) is 0 Å². The molecule has 0 unspecified atom stereocenters. The third-order valence-corrected chi connectivity index (χ3v) is 0. The van der Waals surface area contributed by atoms with E-state index in [1.54, 1.807) is 0 Å². The normalized spacial score (nSPS) is 0. The van der Waals surface area contributed by atoms with E-state index in [9.17, 15) is 0 Å². The second-order valence-corrected chi connectivity index (χ2v) is 0. The molecule has 0 radical (unpaired) electrons. The Labute approximate surface area is 153 Å². The molecule has 0 spiro atoms. The molecule has 0 atom stereocenters. The minimum Gasteiger partial charge on any atom is -1.00 e. The quantitative estimate of drug-likeness (QED) is 0.314. The zero-order chi connectivity index (χ0) is 0. The molecule has 0 nitrogen and oxygen atoms in total. The Morgan fingerprint density at radius 2 is 0.250 bits per heavy atom. The molecule has 48 valence electrons. The molecule has 0 bridgehead atoms. The van der Waals surface area contributed by atoms with Crippen molar-refractivity contribution >= 4 is 0 Å². The van der Waals surface area contributed by atoms with Gasteiger partial charge < -0.3 is 74.4 Å². The van der Waals surface area contributed by atoms with Crippen LogP contribution in [0.25, 0.3) is 0 Å². The van der Waals surface area contributed by atoms with Gasteiger partial charge in [-0.25, -0.2) is 0 Å². The number of hydrogen-bond acceptors (Lipinski definition) is 0. The third kappa shape index (κ3) is 47.0. The van der Waals surface area contributed by atoms with Crippen molar-refractivity contribution in [1.29, 1.82) is 0 Å². The van der Waals surface area contributed by atoms with E-state index in [0.29, 0.717) is 0 Å². The first-order chi connectivity index (χ1) is 0. The van der Waals surface area contributed by atoms with Crippen molar-refractivity contribution < 1.29 is 157 Å². The Bertz CT molecular complexity index is 6.49. The van der Waals surface area contributed by atoms with Crippen LogP contribution in [-0.4, -0.2) is 0 Å². The summed E-state index contributed by atoms with van der Waals surface area (Å²) in [6, 6.07) is 0. The molecule has 0 aliphatic rings. The molecule has 0 aliphatic heterocycles. The maximum atomic E-state index is 0. The van der Waals surface area contributed by atoms with Gasteiger partial charge in [0.25, 0.3) is 0 Å². The van der Waals surface area contributed by atoms with Crippen LogP contribution in [0.15, 0.2) is 0 Å². The second-order valence-electron chi connectivity index (χ2n) is 0. The molecule has 8 heavy (non-hydrogen) atoms. The van der Waals surface area contributed by atoms with E-state index >= 15 is 0 Å². The molecule has 8 heteroatoms. The maximum Gasteiger partial charge on any atom is 3.00 e. The first kappa shape index (κ1) is 82.1. The van der Waals surface area contributed by atoms with Crippen molar-refractivity contribution in [3.05, 3.63) is 0 Å². The molecular weight excluding hydrogens is 495 g/mol. The van der Waals surface area contributed by atoms with Crippen molar-refractivity contribution in [3.8, 4) is 0 Å². The average molecular weight is 495 g/mol. The number of rotatable bonds is 0. The van der Waals surface area contributed by atoms with Gasteiger partial charge in [0, 0.05) is 0 Å². The number of hydrogen-bond donors (Lipinski definition) is 0. The van der Waals surface area contributed by atoms with Gasteiger partial charge in [-0.2, -0.15) is 0 Å². The predicted octanol–water partition coefficient (Wildman–Crippen LogP) is -18.0. The predicted molar refractivity (Wildman–Crippen MR) is 0 cm³/mol. The van der Waals surface area contributed by atoms with Crippen LogP contribution in [0.2, 0.25) is 0 Å². The Hall–Kier alpha value is 4.47. The molecule has 0 saturated heterocycles. The summed E-state index contributed by atoms with van der Waals surface area (Å²) in [5.41, 5.74) is 0. The molecule has 0 rings (SSSR count). The van der Waals surface area contributed by atoms with E-state index in [2.05, 4.69) is 0 Å². The summed E-state index contributed by atoms with van der Waals surface area (Å²) in [5, 5.41) is 0. The van der Waals surface area contributed by atoms with E-state index in [0.717, 1.165) is 0 Å². The van der Waals surface area contributed by atoms with E-state index < -0.39 is 0 Å². The molecule has 0 aromatic carbocycles. The van der Waals surface area contributed by atoms with Crippen molar-refractivity contribution in [2.75, 3.05) is 0 Å². The first-order valence-electron chi connectivity index (χ1n) is 0. The largest absolute Gasteiger partial charge is 3.00 e. The van der Waals surface area contributed by atoms with Crippen LogP contribution in [-0.2, 0) is 0 Å². The minimum atomic E-state index is 0. The fraction of sp³-hybridized carbons (Fsp3) is 0. The molecule has 0 fully saturated rings. The smallest absolute Gasteiger partial charge is 1.00 e. The molecule has 0 heterocycles. The van der Waals surface area contributed by atoms with Crippen LogP contribution < -0.4 is 74.4 Å². The fourth-order valence-corrected chi connectivity index (χ4v) is 0. The SMILES string of the molecule is [Cl-].[Cl-].[Cl-].[Cl-].[Cl-].[Cl-].[Pr+3].[Pr+3]. The summed E-state index contributed by atoms with van der Waals surface area (Å²) in [7, 11) is 0. The van der Waals surface area contributed by atoms with Crippen LogP contribution >= 0.6 is 0 Å². The van der Waals surface area contributed by atoms with E-state index in [4.69, 9.17) is 0 Å². The van der Waals surface area contributed by atoms with Gasteiger partial charge in [0.15, 0.2) is 0 Å². The van der Waals surface area contributed by atoms with Gasteiger partial charge in [0.2, 0.25) is 0 Å². The number of halogens is 6. The van der Waals surface area contributed by atoms with Crippen molar-refractivity contribution in [3.63, 3.8) is 0 Å². The van der Waals surface area contributed by atoms with Gasteiger partial charge >= 0.3 is 82.6 Å². The van der Waals surface area contributed by atoms with Crippen molar-refractivity contribution in [1.82, 2.24) is 0 Å². The van der Waals surface area contributed by atoms with Gasteiger partial charge in [-0.3, -0.25) is 0 Å². The Morgan fingerprint density at radius 1 is 0.250 bits per heavy atom. The van der Waals surface area contributed by atoms with Gasteiger partial charge in [0.1, 0.15) is 0 Å². The molecule has 0 amide bonds. The van der Waals surface area contributed by atoms with E-state index in [1.165, 1.54) is 0 Å². The fourth-order valence-electron chi connectivity index (χ4n) is 0. The Balaban J connectivity index is 0. The molecule has 0 N–H and O–H groups in total. The third-order valence-electron chi connectivity index (χ3n) is 0. The van der Waals surface area contributed by atoms with Gasteiger partial charge in [-0.15, -0.1) is 0 Å². The van der Waals surface area contributed by atoms with Crippen LogP contribution in [0.3, 0.4) is 0 Å². The minimum absolute atomic E-state index is 0. The molecule has 0 aromatic heterocycles. The zero-order valence-electron chi connectivity index (χ0n) is 3.42. The summed E-state index contributed by atoms with van der Waals surface area (Å²) in [6.07, 6.45) is 0. The summed E-state index contributed by atoms with van der Waals surface area (Å²) < 4.78 is 0. The summed E-state index contributed by atoms with van der Waals surface area (Å²) >= 11 is 0. The van der Waals surface area contributed by atoms with Crippen LogP contribution in [0.5, 0.6) is 0 Å². The van der Waals surface area contributed by atoms with Crippen LogP contribution in [0.1, 0.15) is 0 Å². The summed E-state index contributed by atoms with van der Waals surface area (Å²) in [4.78, 5) is 0. The van der Waals surface area contributed by atoms with Crippen LogP contribution in [0.4, 0.5) is 0 Å². The maximum absolute atomic E-state index is 0. The van der Waals surface area contributed by atoms with E-state index in [1.807, 2.05) is 0 Å². The topological polar surface area (TPSA) is 0 Å². The van der Waals surface area contributed by atoms with Crippen LogP contribution in [0, 0.1) is 82.6 Å². The molecular formula is Cl6Pr2. The average Bonchev–Trinajstić information content (AvgIpc) is 0. The van der Waals surface area contributed by atoms with Crippen molar-refractivity contribution in [2.24, 2.45) is 0 Å². The zero-order valence-corrected chi connectivity index (χ0v) is 15.4. The summed E-state index contributed by atoms with van der Waals surface area (Å²) in [6.45, 7) is 0. The Kier molecular flexibility index (Phi) is 646.